The molecule has 1 amide bonds. The molecule has 0 fully saturated rings. The van der Waals surface area contributed by atoms with Gasteiger partial charge in [0.25, 0.3) is 5.91 Å². The maximum Gasteiger partial charge on any atom is 0.251 e. The van der Waals surface area contributed by atoms with Crippen LogP contribution in [0.25, 0.3) is 0 Å². The molecule has 1 aromatic heterocycles. The summed E-state index contributed by atoms with van der Waals surface area (Å²) in [6, 6.07) is 10.1. The fourth-order valence-corrected chi connectivity index (χ4v) is 1.64. The molecule has 0 bridgehead atoms. The lowest BCUT2D eigenvalue weighted by atomic mass is 10.2. The quantitative estimate of drug-likeness (QED) is 0.860. The first-order valence-electron chi connectivity index (χ1n) is 5.84. The number of aliphatic hydroxyl groups excluding tert-OH is 1. The number of carbonyl (C=O) groups is 1. The first-order valence-corrected chi connectivity index (χ1v) is 5.84. The second-order valence-electron chi connectivity index (χ2n) is 3.97. The number of hydrogen-bond acceptors (Lipinski definition) is 4. The monoisotopic (exact) mass is 261 g/mol. The van der Waals surface area contributed by atoms with Crippen LogP contribution in [0.15, 0.2) is 47.1 Å². The van der Waals surface area contributed by atoms with Crippen LogP contribution in [0.2, 0.25) is 0 Å². The van der Waals surface area contributed by atoms with Gasteiger partial charge in [-0.1, -0.05) is 6.07 Å². The third-order valence-electron chi connectivity index (χ3n) is 2.66. The van der Waals surface area contributed by atoms with E-state index in [4.69, 9.17) is 9.15 Å². The van der Waals surface area contributed by atoms with Crippen LogP contribution in [0.3, 0.4) is 0 Å². The maximum atomic E-state index is 11.9. The van der Waals surface area contributed by atoms with Crippen LogP contribution >= 0.6 is 0 Å². The molecular weight excluding hydrogens is 246 g/mol. The topological polar surface area (TPSA) is 71.7 Å². The van der Waals surface area contributed by atoms with Gasteiger partial charge in [0.1, 0.15) is 17.6 Å². The summed E-state index contributed by atoms with van der Waals surface area (Å²) in [6.45, 7) is 0.0869. The SMILES string of the molecule is COc1cccc(C(=O)NCC(O)c2ccco2)c1. The average molecular weight is 261 g/mol. The number of nitrogens with one attached hydrogen (secondary N) is 1. The Hall–Kier alpha value is -2.27. The van der Waals surface area contributed by atoms with E-state index in [1.165, 1.54) is 13.4 Å². The first kappa shape index (κ1) is 13.2. The molecule has 1 atom stereocenters. The molecule has 0 aliphatic heterocycles. The van der Waals surface area contributed by atoms with Crippen molar-refractivity contribution in [2.24, 2.45) is 0 Å². The average Bonchev–Trinajstić information content (AvgIpc) is 2.98. The number of aliphatic hydroxyl groups is 1. The minimum Gasteiger partial charge on any atom is -0.497 e. The number of hydrogen-bond donors (Lipinski definition) is 2. The molecule has 5 heteroatoms. The van der Waals surface area contributed by atoms with E-state index in [1.54, 1.807) is 36.4 Å². The van der Waals surface area contributed by atoms with E-state index in [2.05, 4.69) is 5.32 Å². The van der Waals surface area contributed by atoms with Crippen LogP contribution < -0.4 is 10.1 Å². The molecule has 0 aliphatic rings. The van der Waals surface area contributed by atoms with Crippen molar-refractivity contribution in [3.05, 3.63) is 54.0 Å². The van der Waals surface area contributed by atoms with Crippen molar-refractivity contribution in [1.82, 2.24) is 5.32 Å². The Morgan fingerprint density at radius 1 is 1.42 bits per heavy atom. The third kappa shape index (κ3) is 3.35. The second kappa shape index (κ2) is 6.06. The van der Waals surface area contributed by atoms with Gasteiger partial charge in [0.15, 0.2) is 0 Å². The molecule has 2 N–H and O–H groups in total. The molecule has 0 saturated heterocycles. The highest BCUT2D eigenvalue weighted by Gasteiger charge is 2.13. The summed E-state index contributed by atoms with van der Waals surface area (Å²) in [5.41, 5.74) is 0.478. The highest BCUT2D eigenvalue weighted by Crippen LogP contribution is 2.14. The Kier molecular flexibility index (Phi) is 4.20. The normalized spacial score (nSPS) is 11.9. The molecule has 100 valence electrons. The Labute approximate surface area is 110 Å². The highest BCUT2D eigenvalue weighted by atomic mass is 16.5. The standard InChI is InChI=1S/C14H15NO4/c1-18-11-5-2-4-10(8-11)14(17)15-9-12(16)13-6-3-7-19-13/h2-8,12,16H,9H2,1H3,(H,15,17). The molecule has 2 aromatic rings. The van der Waals surface area contributed by atoms with Gasteiger partial charge in [-0.3, -0.25) is 4.79 Å². The molecule has 5 nitrogen and oxygen atoms in total. The van der Waals surface area contributed by atoms with Gasteiger partial charge in [-0.15, -0.1) is 0 Å². The van der Waals surface area contributed by atoms with E-state index in [1.807, 2.05) is 0 Å². The molecule has 1 aromatic carbocycles. The van der Waals surface area contributed by atoms with Crippen LogP contribution in [0.1, 0.15) is 22.2 Å². The van der Waals surface area contributed by atoms with E-state index in [-0.39, 0.29) is 12.5 Å². The number of methoxy groups -OCH3 is 1. The predicted octanol–water partition coefficient (Wildman–Crippen LogP) is 1.75. The van der Waals surface area contributed by atoms with Crippen molar-refractivity contribution in [3.63, 3.8) is 0 Å². The van der Waals surface area contributed by atoms with Crippen LogP contribution in [-0.4, -0.2) is 24.7 Å². The first-order chi connectivity index (χ1) is 9.20. The predicted molar refractivity (Wildman–Crippen MR) is 69.0 cm³/mol. The molecule has 1 unspecified atom stereocenters. The number of ether oxygens (including phenoxy) is 1. The van der Waals surface area contributed by atoms with Crippen LogP contribution in [0.4, 0.5) is 0 Å². The lowest BCUT2D eigenvalue weighted by Gasteiger charge is -2.10. The minimum atomic E-state index is -0.857. The molecule has 2 rings (SSSR count). The number of furan rings is 1. The molecular formula is C14H15NO4. The van der Waals surface area contributed by atoms with E-state index >= 15 is 0 Å². The lowest BCUT2D eigenvalue weighted by molar-refractivity contribution is 0.0901. The zero-order chi connectivity index (χ0) is 13.7. The van der Waals surface area contributed by atoms with Crippen molar-refractivity contribution in [1.29, 1.82) is 0 Å². The highest BCUT2D eigenvalue weighted by molar-refractivity contribution is 5.94. The Morgan fingerprint density at radius 3 is 2.95 bits per heavy atom. The largest absolute Gasteiger partial charge is 0.497 e. The maximum absolute atomic E-state index is 11.9. The van der Waals surface area contributed by atoms with Gasteiger partial charge in [-0.05, 0) is 30.3 Å². The summed E-state index contributed by atoms with van der Waals surface area (Å²) in [5, 5.41) is 12.4. The number of carbonyl (C=O) groups excluding carboxylic acids is 1. The van der Waals surface area contributed by atoms with E-state index in [9.17, 15) is 9.90 Å². The summed E-state index contributed by atoms with van der Waals surface area (Å²) in [4.78, 5) is 11.9. The van der Waals surface area contributed by atoms with Crippen LogP contribution in [0, 0.1) is 0 Å². The van der Waals surface area contributed by atoms with Gasteiger partial charge < -0.3 is 19.6 Å². The van der Waals surface area contributed by atoms with Gasteiger partial charge >= 0.3 is 0 Å². The van der Waals surface area contributed by atoms with Gasteiger partial charge in [0.05, 0.1) is 19.9 Å². The molecule has 0 radical (unpaired) electrons. The van der Waals surface area contributed by atoms with Gasteiger partial charge in [0.2, 0.25) is 0 Å². The van der Waals surface area contributed by atoms with Crippen LogP contribution in [0.5, 0.6) is 5.75 Å². The fraction of sp³-hybridized carbons (Fsp3) is 0.214. The van der Waals surface area contributed by atoms with Crippen molar-refractivity contribution in [3.8, 4) is 5.75 Å². The molecule has 1 heterocycles. The third-order valence-corrected chi connectivity index (χ3v) is 2.66. The summed E-state index contributed by atoms with van der Waals surface area (Å²) in [7, 11) is 1.54. The second-order valence-corrected chi connectivity index (χ2v) is 3.97. The summed E-state index contributed by atoms with van der Waals surface area (Å²) < 4.78 is 10.1. The molecule has 0 aliphatic carbocycles. The van der Waals surface area contributed by atoms with E-state index in [0.29, 0.717) is 17.1 Å². The van der Waals surface area contributed by atoms with Crippen LogP contribution in [-0.2, 0) is 0 Å². The van der Waals surface area contributed by atoms with Gasteiger partial charge in [0, 0.05) is 5.56 Å². The zero-order valence-electron chi connectivity index (χ0n) is 10.5. The summed E-state index contributed by atoms with van der Waals surface area (Å²) in [6.07, 6.45) is 0.618. The molecule has 0 saturated carbocycles. The fourth-order valence-electron chi connectivity index (χ4n) is 1.64. The van der Waals surface area contributed by atoms with Gasteiger partial charge in [-0.25, -0.2) is 0 Å². The summed E-state index contributed by atoms with van der Waals surface area (Å²) >= 11 is 0. The Balaban J connectivity index is 1.94. The Morgan fingerprint density at radius 2 is 2.26 bits per heavy atom. The van der Waals surface area contributed by atoms with Crippen molar-refractivity contribution in [2.45, 2.75) is 6.10 Å². The van der Waals surface area contributed by atoms with E-state index in [0.717, 1.165) is 0 Å². The molecule has 0 spiro atoms. The minimum absolute atomic E-state index is 0.0869. The Bertz CT molecular complexity index is 536. The van der Waals surface area contributed by atoms with Crippen molar-refractivity contribution >= 4 is 5.91 Å². The summed E-state index contributed by atoms with van der Waals surface area (Å²) in [5.74, 6) is 0.759. The van der Waals surface area contributed by atoms with Gasteiger partial charge in [-0.2, -0.15) is 0 Å². The van der Waals surface area contributed by atoms with Crippen molar-refractivity contribution < 1.29 is 19.1 Å². The number of rotatable bonds is 5. The van der Waals surface area contributed by atoms with E-state index < -0.39 is 6.10 Å². The smallest absolute Gasteiger partial charge is 0.251 e. The molecule has 19 heavy (non-hydrogen) atoms. The zero-order valence-corrected chi connectivity index (χ0v) is 10.5. The van der Waals surface area contributed by atoms with Crippen molar-refractivity contribution in [2.75, 3.05) is 13.7 Å². The lowest BCUT2D eigenvalue weighted by Crippen LogP contribution is -2.28. The number of amides is 1. The number of benzene rings is 1.